The van der Waals surface area contributed by atoms with Crippen molar-refractivity contribution in [1.29, 1.82) is 0 Å². The molecular formula is C11H13ClN2. The lowest BCUT2D eigenvalue weighted by molar-refractivity contribution is 0.598. The third-order valence-corrected chi connectivity index (χ3v) is 2.68. The van der Waals surface area contributed by atoms with Gasteiger partial charge in [-0.15, -0.1) is 0 Å². The van der Waals surface area contributed by atoms with Crippen molar-refractivity contribution in [1.82, 2.24) is 0 Å². The van der Waals surface area contributed by atoms with E-state index in [9.17, 15) is 0 Å². The maximum Gasteiger partial charge on any atom is 0.0598 e. The Kier molecular flexibility index (Phi) is 2.73. The van der Waals surface area contributed by atoms with Gasteiger partial charge in [-0.3, -0.25) is 5.01 Å². The van der Waals surface area contributed by atoms with Gasteiger partial charge >= 0.3 is 0 Å². The largest absolute Gasteiger partial charge is 0.263 e. The summed E-state index contributed by atoms with van der Waals surface area (Å²) in [5.41, 5.74) is 1.11. The number of nitrogens with zero attached hydrogens (tertiary/aromatic N) is 2. The molecule has 0 amide bonds. The van der Waals surface area contributed by atoms with Crippen LogP contribution in [0.2, 0.25) is 5.02 Å². The summed E-state index contributed by atoms with van der Waals surface area (Å²) >= 11 is 5.83. The molecule has 1 aliphatic rings. The fourth-order valence-corrected chi connectivity index (χ4v) is 1.74. The molecule has 74 valence electrons. The molecule has 0 N–H and O–H groups in total. The number of halogens is 1. The fraction of sp³-hybridized carbons (Fsp3) is 0.364. The van der Waals surface area contributed by atoms with E-state index in [4.69, 9.17) is 11.6 Å². The van der Waals surface area contributed by atoms with Crippen LogP contribution in [0.5, 0.6) is 0 Å². The first-order chi connectivity index (χ1) is 6.77. The number of anilines is 1. The molecule has 0 spiro atoms. The van der Waals surface area contributed by atoms with Crippen molar-refractivity contribution in [3.63, 3.8) is 0 Å². The summed E-state index contributed by atoms with van der Waals surface area (Å²) in [6, 6.07) is 8.27. The lowest BCUT2D eigenvalue weighted by atomic mass is 10.1. The van der Waals surface area contributed by atoms with Gasteiger partial charge in [-0.25, -0.2) is 0 Å². The summed E-state index contributed by atoms with van der Waals surface area (Å²) in [4.78, 5) is 0. The topological polar surface area (TPSA) is 15.6 Å². The molecule has 0 saturated heterocycles. The van der Waals surface area contributed by atoms with Crippen LogP contribution in [0.4, 0.5) is 5.69 Å². The van der Waals surface area contributed by atoms with Crippen LogP contribution in [0.15, 0.2) is 29.4 Å². The minimum Gasteiger partial charge on any atom is -0.263 e. The van der Waals surface area contributed by atoms with Crippen LogP contribution in [-0.2, 0) is 0 Å². The van der Waals surface area contributed by atoms with E-state index in [0.29, 0.717) is 6.04 Å². The first kappa shape index (κ1) is 9.53. The SMILES string of the molecule is CC1CCC=NN1c1ccc(Cl)cc1. The molecule has 14 heavy (non-hydrogen) atoms. The molecule has 0 aromatic heterocycles. The Morgan fingerprint density at radius 1 is 1.36 bits per heavy atom. The van der Waals surface area contributed by atoms with Crippen molar-refractivity contribution in [3.8, 4) is 0 Å². The Balaban J connectivity index is 2.25. The summed E-state index contributed by atoms with van der Waals surface area (Å²) in [6.45, 7) is 2.19. The molecule has 0 fully saturated rings. The Morgan fingerprint density at radius 3 is 2.71 bits per heavy atom. The minimum atomic E-state index is 0.473. The van der Waals surface area contributed by atoms with E-state index in [-0.39, 0.29) is 0 Å². The molecule has 0 radical (unpaired) electrons. The first-order valence-electron chi connectivity index (χ1n) is 4.84. The molecule has 0 bridgehead atoms. The zero-order chi connectivity index (χ0) is 9.97. The van der Waals surface area contributed by atoms with Crippen LogP contribution in [0.3, 0.4) is 0 Å². The maximum absolute atomic E-state index is 5.83. The molecule has 1 atom stereocenters. The summed E-state index contributed by atoms with van der Waals surface area (Å²) in [5, 5.41) is 7.18. The van der Waals surface area contributed by atoms with Crippen molar-refractivity contribution in [2.24, 2.45) is 5.10 Å². The van der Waals surface area contributed by atoms with Crippen LogP contribution in [0.25, 0.3) is 0 Å². The van der Waals surface area contributed by atoms with E-state index < -0.39 is 0 Å². The highest BCUT2D eigenvalue weighted by atomic mass is 35.5. The number of hydrazone groups is 1. The van der Waals surface area contributed by atoms with Crippen LogP contribution in [0, 0.1) is 0 Å². The Labute approximate surface area is 89.2 Å². The standard InChI is InChI=1S/C11H13ClN2/c1-9-3-2-8-13-14(9)11-6-4-10(12)5-7-11/h4-9H,2-3H2,1H3. The monoisotopic (exact) mass is 208 g/mol. The molecule has 2 nitrogen and oxygen atoms in total. The Morgan fingerprint density at radius 2 is 2.07 bits per heavy atom. The number of benzene rings is 1. The smallest absolute Gasteiger partial charge is 0.0598 e. The van der Waals surface area contributed by atoms with Crippen LogP contribution < -0.4 is 5.01 Å². The summed E-state index contributed by atoms with van der Waals surface area (Å²) in [7, 11) is 0. The molecule has 1 heterocycles. The van der Waals surface area contributed by atoms with E-state index in [1.165, 1.54) is 0 Å². The molecule has 3 heteroatoms. The average Bonchev–Trinajstić information content (AvgIpc) is 2.20. The normalized spacial score (nSPS) is 21.3. The van der Waals surface area contributed by atoms with E-state index >= 15 is 0 Å². The summed E-state index contributed by atoms with van der Waals surface area (Å²) in [5.74, 6) is 0. The molecule has 0 aliphatic carbocycles. The van der Waals surface area contributed by atoms with Gasteiger partial charge in [0.15, 0.2) is 0 Å². The van der Waals surface area contributed by atoms with E-state index in [0.717, 1.165) is 23.6 Å². The highest BCUT2D eigenvalue weighted by Crippen LogP contribution is 2.23. The third-order valence-electron chi connectivity index (χ3n) is 2.43. The zero-order valence-corrected chi connectivity index (χ0v) is 8.91. The molecular weight excluding hydrogens is 196 g/mol. The van der Waals surface area contributed by atoms with Crippen LogP contribution >= 0.6 is 11.6 Å². The summed E-state index contributed by atoms with van der Waals surface area (Å²) < 4.78 is 0. The Bertz CT molecular complexity index is 332. The second-order valence-electron chi connectivity index (χ2n) is 3.55. The van der Waals surface area contributed by atoms with Gasteiger partial charge in [-0.05, 0) is 44.0 Å². The van der Waals surface area contributed by atoms with Crippen molar-refractivity contribution >= 4 is 23.5 Å². The predicted molar refractivity (Wildman–Crippen MR) is 61.1 cm³/mol. The van der Waals surface area contributed by atoms with E-state index in [1.807, 2.05) is 35.5 Å². The van der Waals surface area contributed by atoms with Gasteiger partial charge in [0, 0.05) is 11.2 Å². The fourth-order valence-electron chi connectivity index (χ4n) is 1.61. The molecule has 1 aromatic carbocycles. The van der Waals surface area contributed by atoms with Gasteiger partial charge in [-0.1, -0.05) is 11.6 Å². The zero-order valence-electron chi connectivity index (χ0n) is 8.15. The molecule has 1 aromatic rings. The van der Waals surface area contributed by atoms with Gasteiger partial charge < -0.3 is 0 Å². The van der Waals surface area contributed by atoms with Crippen LogP contribution in [-0.4, -0.2) is 12.3 Å². The second kappa shape index (κ2) is 4.01. The van der Waals surface area contributed by atoms with Crippen molar-refractivity contribution < 1.29 is 0 Å². The molecule has 1 unspecified atom stereocenters. The lowest BCUT2D eigenvalue weighted by Gasteiger charge is -2.28. The summed E-state index contributed by atoms with van der Waals surface area (Å²) in [6.07, 6.45) is 4.20. The van der Waals surface area contributed by atoms with Crippen molar-refractivity contribution in [2.75, 3.05) is 5.01 Å². The molecule has 0 saturated carbocycles. The van der Waals surface area contributed by atoms with Crippen LogP contribution in [0.1, 0.15) is 19.8 Å². The Hall–Kier alpha value is -1.02. The minimum absolute atomic E-state index is 0.473. The highest BCUT2D eigenvalue weighted by molar-refractivity contribution is 6.30. The van der Waals surface area contributed by atoms with Crippen molar-refractivity contribution in [3.05, 3.63) is 29.3 Å². The lowest BCUT2D eigenvalue weighted by Crippen LogP contribution is -2.30. The van der Waals surface area contributed by atoms with Gasteiger partial charge in [-0.2, -0.15) is 5.10 Å². The van der Waals surface area contributed by atoms with Crippen molar-refractivity contribution in [2.45, 2.75) is 25.8 Å². The number of hydrogen-bond donors (Lipinski definition) is 0. The third kappa shape index (κ3) is 1.90. The average molecular weight is 209 g/mol. The highest BCUT2D eigenvalue weighted by Gasteiger charge is 2.15. The quantitative estimate of drug-likeness (QED) is 0.692. The molecule has 2 rings (SSSR count). The van der Waals surface area contributed by atoms with E-state index in [1.54, 1.807) is 0 Å². The number of rotatable bonds is 1. The second-order valence-corrected chi connectivity index (χ2v) is 3.98. The van der Waals surface area contributed by atoms with Gasteiger partial charge in [0.05, 0.1) is 11.7 Å². The first-order valence-corrected chi connectivity index (χ1v) is 5.22. The molecule has 1 aliphatic heterocycles. The van der Waals surface area contributed by atoms with E-state index in [2.05, 4.69) is 12.0 Å². The predicted octanol–water partition coefficient (Wildman–Crippen LogP) is 3.31. The maximum atomic E-state index is 5.83. The number of hydrogen-bond acceptors (Lipinski definition) is 2. The van der Waals surface area contributed by atoms with Gasteiger partial charge in [0.25, 0.3) is 0 Å². The van der Waals surface area contributed by atoms with Gasteiger partial charge in [0.1, 0.15) is 0 Å². The van der Waals surface area contributed by atoms with Gasteiger partial charge in [0.2, 0.25) is 0 Å².